The fraction of sp³-hybridized carbons (Fsp3) is 0.214. The van der Waals surface area contributed by atoms with E-state index >= 15 is 0 Å². The van der Waals surface area contributed by atoms with E-state index in [0.717, 1.165) is 4.90 Å². The predicted molar refractivity (Wildman–Crippen MR) is 74.2 cm³/mol. The average molecular weight is 312 g/mol. The summed E-state index contributed by atoms with van der Waals surface area (Å²) in [6, 6.07) is 10.1. The zero-order valence-corrected chi connectivity index (χ0v) is 11.5. The van der Waals surface area contributed by atoms with Gasteiger partial charge in [-0.15, -0.1) is 11.3 Å². The lowest BCUT2D eigenvalue weighted by atomic mass is 10.1. The van der Waals surface area contributed by atoms with Crippen molar-refractivity contribution in [2.45, 2.75) is 12.3 Å². The first-order valence-electron chi connectivity index (χ1n) is 6.22. The van der Waals surface area contributed by atoms with Crippen molar-refractivity contribution < 1.29 is 18.0 Å². The molecule has 1 aromatic carbocycles. The van der Waals surface area contributed by atoms with Gasteiger partial charge in [0.05, 0.1) is 5.56 Å². The molecule has 0 saturated carbocycles. The Hall–Kier alpha value is -2.02. The van der Waals surface area contributed by atoms with Gasteiger partial charge < -0.3 is 10.2 Å². The standard InChI is InChI=1S/C14H11F3N2OS/c15-14(16,17)8-19-12(11-6-3-7-21-11)18-10-5-2-1-4-9(10)13(19)20/h1-7,12,18H,8H2/t12-/m0/s1. The summed E-state index contributed by atoms with van der Waals surface area (Å²) in [6.45, 7) is -1.28. The molecule has 110 valence electrons. The van der Waals surface area contributed by atoms with Crippen molar-refractivity contribution in [2.75, 3.05) is 11.9 Å². The average Bonchev–Trinajstić information content (AvgIpc) is 2.94. The van der Waals surface area contributed by atoms with Crippen molar-refractivity contribution in [1.29, 1.82) is 0 Å². The van der Waals surface area contributed by atoms with Crippen molar-refractivity contribution in [3.05, 3.63) is 52.2 Å². The minimum absolute atomic E-state index is 0.259. The van der Waals surface area contributed by atoms with Crippen molar-refractivity contribution in [3.63, 3.8) is 0 Å². The Kier molecular flexibility index (Phi) is 3.36. The van der Waals surface area contributed by atoms with Crippen molar-refractivity contribution in [1.82, 2.24) is 4.90 Å². The highest BCUT2D eigenvalue weighted by Gasteiger charge is 2.40. The van der Waals surface area contributed by atoms with Gasteiger partial charge in [0.15, 0.2) is 0 Å². The molecule has 7 heteroatoms. The number of benzene rings is 1. The molecule has 0 radical (unpaired) electrons. The number of amides is 1. The highest BCUT2D eigenvalue weighted by atomic mass is 32.1. The molecule has 1 aliphatic heterocycles. The van der Waals surface area contributed by atoms with Gasteiger partial charge in [0, 0.05) is 10.6 Å². The van der Waals surface area contributed by atoms with E-state index in [1.807, 2.05) is 0 Å². The molecule has 1 N–H and O–H groups in total. The fourth-order valence-electron chi connectivity index (χ4n) is 2.32. The molecule has 0 aliphatic carbocycles. The van der Waals surface area contributed by atoms with Gasteiger partial charge in [-0.3, -0.25) is 4.79 Å². The Morgan fingerprint density at radius 1 is 1.19 bits per heavy atom. The van der Waals surface area contributed by atoms with E-state index in [0.29, 0.717) is 10.6 Å². The summed E-state index contributed by atoms with van der Waals surface area (Å²) >= 11 is 1.31. The lowest BCUT2D eigenvalue weighted by molar-refractivity contribution is -0.144. The van der Waals surface area contributed by atoms with Gasteiger partial charge in [0.2, 0.25) is 0 Å². The smallest absolute Gasteiger partial charge is 0.360 e. The third-order valence-corrected chi connectivity index (χ3v) is 4.11. The van der Waals surface area contributed by atoms with E-state index in [4.69, 9.17) is 0 Å². The van der Waals surface area contributed by atoms with Crippen LogP contribution in [0.3, 0.4) is 0 Å². The Morgan fingerprint density at radius 3 is 2.62 bits per heavy atom. The number of hydrogen-bond donors (Lipinski definition) is 1. The van der Waals surface area contributed by atoms with Gasteiger partial charge in [-0.1, -0.05) is 18.2 Å². The van der Waals surface area contributed by atoms with Crippen LogP contribution in [0.2, 0.25) is 0 Å². The van der Waals surface area contributed by atoms with E-state index in [1.54, 1.807) is 35.7 Å². The summed E-state index contributed by atoms with van der Waals surface area (Å²) in [4.78, 5) is 13.9. The van der Waals surface area contributed by atoms with Crippen LogP contribution in [0.4, 0.5) is 18.9 Å². The van der Waals surface area contributed by atoms with E-state index in [-0.39, 0.29) is 5.56 Å². The van der Waals surface area contributed by atoms with Crippen molar-refractivity contribution in [2.24, 2.45) is 0 Å². The predicted octanol–water partition coefficient (Wildman–Crippen LogP) is 3.88. The molecule has 2 aromatic rings. The molecule has 3 nitrogen and oxygen atoms in total. The zero-order chi connectivity index (χ0) is 15.0. The number of para-hydroxylation sites is 1. The molecule has 0 spiro atoms. The second-order valence-electron chi connectivity index (χ2n) is 4.66. The minimum Gasteiger partial charge on any atom is -0.360 e. The summed E-state index contributed by atoms with van der Waals surface area (Å²) in [7, 11) is 0. The maximum Gasteiger partial charge on any atom is 0.406 e. The van der Waals surface area contributed by atoms with Gasteiger partial charge in [-0.05, 0) is 23.6 Å². The summed E-state index contributed by atoms with van der Waals surface area (Å²) in [5, 5.41) is 4.79. The summed E-state index contributed by atoms with van der Waals surface area (Å²) in [5.74, 6) is -0.611. The molecule has 21 heavy (non-hydrogen) atoms. The molecule has 3 rings (SSSR count). The number of anilines is 1. The monoisotopic (exact) mass is 312 g/mol. The maximum atomic E-state index is 12.8. The quantitative estimate of drug-likeness (QED) is 0.913. The molecule has 1 aliphatic rings. The first-order valence-corrected chi connectivity index (χ1v) is 7.10. The highest BCUT2D eigenvalue weighted by molar-refractivity contribution is 7.10. The molecule has 1 amide bonds. The highest BCUT2D eigenvalue weighted by Crippen LogP contribution is 2.36. The molecule has 2 heterocycles. The number of fused-ring (bicyclic) bond motifs is 1. The van der Waals surface area contributed by atoms with E-state index in [2.05, 4.69) is 5.32 Å². The molecular formula is C14H11F3N2OS. The van der Waals surface area contributed by atoms with Gasteiger partial charge in [0.25, 0.3) is 5.91 Å². The zero-order valence-electron chi connectivity index (χ0n) is 10.7. The SMILES string of the molecule is O=C1c2ccccc2N[C@H](c2cccs2)N1CC(F)(F)F. The largest absolute Gasteiger partial charge is 0.406 e. The van der Waals surface area contributed by atoms with Crippen LogP contribution in [0.1, 0.15) is 21.4 Å². The molecule has 1 atom stereocenters. The Balaban J connectivity index is 2.03. The van der Waals surface area contributed by atoms with Gasteiger partial charge in [-0.25, -0.2) is 0 Å². The molecule has 0 fully saturated rings. The summed E-state index contributed by atoms with van der Waals surface area (Å²) in [5.41, 5.74) is 0.814. The Bertz CT molecular complexity index is 654. The maximum absolute atomic E-state index is 12.8. The van der Waals surface area contributed by atoms with E-state index in [1.165, 1.54) is 17.4 Å². The van der Waals surface area contributed by atoms with Crippen LogP contribution in [0.25, 0.3) is 0 Å². The number of thiophene rings is 1. The van der Waals surface area contributed by atoms with Crippen LogP contribution in [0.5, 0.6) is 0 Å². The first-order chi connectivity index (χ1) is 9.96. The number of carbonyl (C=O) groups excluding carboxylic acids is 1. The number of halogens is 3. The third kappa shape index (κ3) is 2.73. The van der Waals surface area contributed by atoms with Crippen LogP contribution >= 0.6 is 11.3 Å². The normalized spacial score (nSPS) is 18.3. The van der Waals surface area contributed by atoms with Crippen LogP contribution < -0.4 is 5.32 Å². The summed E-state index contributed by atoms with van der Waals surface area (Å²) < 4.78 is 38.4. The second kappa shape index (κ2) is 5.07. The number of alkyl halides is 3. The molecule has 0 saturated heterocycles. The third-order valence-electron chi connectivity index (χ3n) is 3.18. The van der Waals surface area contributed by atoms with Gasteiger partial charge >= 0.3 is 6.18 Å². The number of nitrogens with zero attached hydrogens (tertiary/aromatic N) is 1. The lowest BCUT2D eigenvalue weighted by Crippen LogP contribution is -2.47. The van der Waals surface area contributed by atoms with Gasteiger partial charge in [0.1, 0.15) is 12.7 Å². The lowest BCUT2D eigenvalue weighted by Gasteiger charge is -2.37. The Morgan fingerprint density at radius 2 is 1.95 bits per heavy atom. The number of carbonyl (C=O) groups is 1. The minimum atomic E-state index is -4.45. The molecule has 0 unspecified atom stereocenters. The van der Waals surface area contributed by atoms with Gasteiger partial charge in [-0.2, -0.15) is 13.2 Å². The fourth-order valence-corrected chi connectivity index (χ4v) is 3.11. The topological polar surface area (TPSA) is 32.3 Å². The number of nitrogens with one attached hydrogen (secondary N) is 1. The van der Waals surface area contributed by atoms with Crippen LogP contribution in [0, 0.1) is 0 Å². The summed E-state index contributed by atoms with van der Waals surface area (Å²) in [6.07, 6.45) is -5.24. The molecular weight excluding hydrogens is 301 g/mol. The van der Waals surface area contributed by atoms with Crippen molar-refractivity contribution >= 4 is 22.9 Å². The molecule has 1 aromatic heterocycles. The number of hydrogen-bond acceptors (Lipinski definition) is 3. The van der Waals surface area contributed by atoms with E-state index < -0.39 is 24.8 Å². The van der Waals surface area contributed by atoms with Crippen LogP contribution in [-0.4, -0.2) is 23.5 Å². The van der Waals surface area contributed by atoms with Crippen molar-refractivity contribution in [3.8, 4) is 0 Å². The molecule has 0 bridgehead atoms. The second-order valence-corrected chi connectivity index (χ2v) is 5.64. The number of rotatable bonds is 2. The van der Waals surface area contributed by atoms with E-state index in [9.17, 15) is 18.0 Å². The van der Waals surface area contributed by atoms with Crippen LogP contribution in [0.15, 0.2) is 41.8 Å². The first kappa shape index (κ1) is 13.9. The van der Waals surface area contributed by atoms with Crippen LogP contribution in [-0.2, 0) is 0 Å². The Labute approximate surface area is 123 Å².